The van der Waals surface area contributed by atoms with Crippen LogP contribution in [0, 0.1) is 0 Å². The van der Waals surface area contributed by atoms with Gasteiger partial charge in [0.2, 0.25) is 0 Å². The van der Waals surface area contributed by atoms with E-state index < -0.39 is 0 Å². The number of imidazole rings is 1. The standard InChI is InChI=1S/C9H15Br2N3/c1-4-6(2)12-5-7-13-8(10)9(11)14(7)3/h6,12H,4-5H2,1-3H3/t6-/m0/s1. The monoisotopic (exact) mass is 323 g/mol. The highest BCUT2D eigenvalue weighted by Crippen LogP contribution is 2.22. The zero-order chi connectivity index (χ0) is 10.7. The van der Waals surface area contributed by atoms with Gasteiger partial charge in [-0.1, -0.05) is 6.92 Å². The maximum absolute atomic E-state index is 4.39. The van der Waals surface area contributed by atoms with Crippen molar-refractivity contribution in [1.82, 2.24) is 14.9 Å². The molecule has 0 saturated heterocycles. The summed E-state index contributed by atoms with van der Waals surface area (Å²) >= 11 is 6.83. The Balaban J connectivity index is 2.63. The Morgan fingerprint density at radius 3 is 2.57 bits per heavy atom. The van der Waals surface area contributed by atoms with Crippen LogP contribution in [0.3, 0.4) is 0 Å². The molecule has 0 aliphatic heterocycles. The molecule has 0 saturated carbocycles. The molecular weight excluding hydrogens is 310 g/mol. The topological polar surface area (TPSA) is 29.9 Å². The smallest absolute Gasteiger partial charge is 0.139 e. The van der Waals surface area contributed by atoms with E-state index in [2.05, 4.69) is 56.0 Å². The van der Waals surface area contributed by atoms with Crippen molar-refractivity contribution in [2.45, 2.75) is 32.9 Å². The maximum Gasteiger partial charge on any atom is 0.139 e. The molecule has 0 aromatic carbocycles. The third-order valence-electron chi connectivity index (χ3n) is 2.30. The van der Waals surface area contributed by atoms with E-state index in [-0.39, 0.29) is 0 Å². The molecule has 1 N–H and O–H groups in total. The van der Waals surface area contributed by atoms with E-state index in [9.17, 15) is 0 Å². The predicted molar refractivity (Wildman–Crippen MR) is 65.2 cm³/mol. The summed E-state index contributed by atoms with van der Waals surface area (Å²) in [5, 5.41) is 3.40. The van der Waals surface area contributed by atoms with Gasteiger partial charge < -0.3 is 9.88 Å². The van der Waals surface area contributed by atoms with Crippen molar-refractivity contribution >= 4 is 31.9 Å². The minimum atomic E-state index is 0.532. The van der Waals surface area contributed by atoms with Crippen LogP contribution in [0.25, 0.3) is 0 Å². The fourth-order valence-electron chi connectivity index (χ4n) is 1.05. The summed E-state index contributed by atoms with van der Waals surface area (Å²) in [4.78, 5) is 4.39. The Morgan fingerprint density at radius 2 is 2.14 bits per heavy atom. The van der Waals surface area contributed by atoms with E-state index in [0.717, 1.165) is 28.0 Å². The molecule has 1 aromatic heterocycles. The first kappa shape index (κ1) is 12.2. The average molecular weight is 325 g/mol. The van der Waals surface area contributed by atoms with E-state index in [1.54, 1.807) is 0 Å². The van der Waals surface area contributed by atoms with Crippen LogP contribution in [-0.2, 0) is 13.6 Å². The number of hydrogen-bond acceptors (Lipinski definition) is 2. The van der Waals surface area contributed by atoms with Crippen molar-refractivity contribution in [1.29, 1.82) is 0 Å². The summed E-state index contributed by atoms with van der Waals surface area (Å²) in [5.74, 6) is 1.03. The second-order valence-corrected chi connectivity index (χ2v) is 4.86. The first-order valence-corrected chi connectivity index (χ1v) is 6.24. The minimum absolute atomic E-state index is 0.532. The SMILES string of the molecule is CC[C@H](C)NCc1nc(Br)c(Br)n1C. The number of nitrogens with one attached hydrogen (secondary N) is 1. The number of nitrogens with zero attached hydrogens (tertiary/aromatic N) is 2. The molecule has 5 heteroatoms. The van der Waals surface area contributed by atoms with Gasteiger partial charge in [-0.2, -0.15) is 0 Å². The van der Waals surface area contributed by atoms with E-state index in [1.807, 2.05) is 11.6 Å². The van der Waals surface area contributed by atoms with Crippen LogP contribution in [0.5, 0.6) is 0 Å². The van der Waals surface area contributed by atoms with Crippen molar-refractivity contribution in [3.8, 4) is 0 Å². The lowest BCUT2D eigenvalue weighted by molar-refractivity contribution is 0.515. The summed E-state index contributed by atoms with van der Waals surface area (Å²) in [6.45, 7) is 5.14. The molecule has 0 aliphatic rings. The van der Waals surface area contributed by atoms with Crippen molar-refractivity contribution in [2.24, 2.45) is 7.05 Å². The molecule has 80 valence electrons. The summed E-state index contributed by atoms with van der Waals surface area (Å²) in [6.07, 6.45) is 1.13. The Bertz CT molecular complexity index is 309. The molecule has 1 atom stereocenters. The second-order valence-electron chi connectivity index (χ2n) is 3.36. The third kappa shape index (κ3) is 2.81. The molecule has 1 rings (SSSR count). The molecule has 0 bridgehead atoms. The normalized spacial score (nSPS) is 13.2. The van der Waals surface area contributed by atoms with Crippen LogP contribution in [0.2, 0.25) is 0 Å². The molecule has 0 radical (unpaired) electrons. The van der Waals surface area contributed by atoms with Gasteiger partial charge in [0.05, 0.1) is 6.54 Å². The second kappa shape index (κ2) is 5.28. The molecule has 0 unspecified atom stereocenters. The summed E-state index contributed by atoms with van der Waals surface area (Å²) < 4.78 is 3.87. The number of aromatic nitrogens is 2. The predicted octanol–water partition coefficient (Wildman–Crippen LogP) is 2.83. The van der Waals surface area contributed by atoms with Crippen LogP contribution in [0.15, 0.2) is 9.21 Å². The maximum atomic E-state index is 4.39. The van der Waals surface area contributed by atoms with Crippen molar-refractivity contribution in [3.05, 3.63) is 15.0 Å². The quantitative estimate of drug-likeness (QED) is 0.923. The molecule has 14 heavy (non-hydrogen) atoms. The summed E-state index contributed by atoms with van der Waals surface area (Å²) in [7, 11) is 2.00. The lowest BCUT2D eigenvalue weighted by Gasteiger charge is -2.10. The minimum Gasteiger partial charge on any atom is -0.324 e. The largest absolute Gasteiger partial charge is 0.324 e. The summed E-state index contributed by atoms with van der Waals surface area (Å²) in [6, 6.07) is 0.532. The van der Waals surface area contributed by atoms with Gasteiger partial charge in [0.1, 0.15) is 15.0 Å². The molecule has 3 nitrogen and oxygen atoms in total. The van der Waals surface area contributed by atoms with Crippen LogP contribution < -0.4 is 5.32 Å². The fourth-order valence-corrected chi connectivity index (χ4v) is 1.82. The molecule has 1 aromatic rings. The van der Waals surface area contributed by atoms with Gasteiger partial charge >= 0.3 is 0 Å². The lowest BCUT2D eigenvalue weighted by atomic mass is 10.2. The first-order valence-electron chi connectivity index (χ1n) is 4.66. The van der Waals surface area contributed by atoms with E-state index in [0.29, 0.717) is 6.04 Å². The number of halogens is 2. The molecule has 0 fully saturated rings. The zero-order valence-electron chi connectivity index (χ0n) is 8.64. The van der Waals surface area contributed by atoms with Gasteiger partial charge in [-0.15, -0.1) is 0 Å². The highest BCUT2D eigenvalue weighted by molar-refractivity contribution is 9.13. The van der Waals surface area contributed by atoms with Crippen LogP contribution in [-0.4, -0.2) is 15.6 Å². The lowest BCUT2D eigenvalue weighted by Crippen LogP contribution is -2.25. The van der Waals surface area contributed by atoms with Gasteiger partial charge in [-0.3, -0.25) is 0 Å². The van der Waals surface area contributed by atoms with Gasteiger partial charge in [-0.05, 0) is 45.2 Å². The van der Waals surface area contributed by atoms with E-state index in [4.69, 9.17) is 0 Å². The van der Waals surface area contributed by atoms with Gasteiger partial charge in [0.25, 0.3) is 0 Å². The fraction of sp³-hybridized carbons (Fsp3) is 0.667. The Hall–Kier alpha value is 0.130. The van der Waals surface area contributed by atoms with Crippen molar-refractivity contribution < 1.29 is 0 Å². The number of hydrogen-bond donors (Lipinski definition) is 1. The Kier molecular flexibility index (Phi) is 4.60. The Morgan fingerprint density at radius 1 is 1.50 bits per heavy atom. The van der Waals surface area contributed by atoms with Gasteiger partial charge in [0.15, 0.2) is 0 Å². The first-order chi connectivity index (χ1) is 6.56. The van der Waals surface area contributed by atoms with Crippen molar-refractivity contribution in [2.75, 3.05) is 0 Å². The average Bonchev–Trinajstić information content (AvgIpc) is 2.42. The zero-order valence-corrected chi connectivity index (χ0v) is 11.8. The molecule has 1 heterocycles. The molecule has 0 amide bonds. The number of rotatable bonds is 4. The molecule has 0 spiro atoms. The summed E-state index contributed by atoms with van der Waals surface area (Å²) in [5.41, 5.74) is 0. The third-order valence-corrected chi connectivity index (χ3v) is 4.29. The highest BCUT2D eigenvalue weighted by Gasteiger charge is 2.10. The highest BCUT2D eigenvalue weighted by atomic mass is 79.9. The Labute approximate surface area is 102 Å². The van der Waals surface area contributed by atoms with Crippen LogP contribution in [0.4, 0.5) is 0 Å². The van der Waals surface area contributed by atoms with Crippen LogP contribution >= 0.6 is 31.9 Å². The van der Waals surface area contributed by atoms with E-state index in [1.165, 1.54) is 0 Å². The molecular formula is C9H15Br2N3. The van der Waals surface area contributed by atoms with E-state index >= 15 is 0 Å². The van der Waals surface area contributed by atoms with Gasteiger partial charge in [-0.25, -0.2) is 4.98 Å². The van der Waals surface area contributed by atoms with Crippen molar-refractivity contribution in [3.63, 3.8) is 0 Å². The molecule has 0 aliphatic carbocycles. The van der Waals surface area contributed by atoms with Gasteiger partial charge in [0, 0.05) is 13.1 Å². The van der Waals surface area contributed by atoms with Crippen LogP contribution in [0.1, 0.15) is 26.1 Å².